The van der Waals surface area contributed by atoms with E-state index < -0.39 is 0 Å². The van der Waals surface area contributed by atoms with Crippen LogP contribution in [0.4, 0.5) is 0 Å². The Kier molecular flexibility index (Phi) is 6.26. The Morgan fingerprint density at radius 1 is 1.22 bits per heavy atom. The number of rotatable bonds is 6. The smallest absolute Gasteiger partial charge is 0.233 e. The van der Waals surface area contributed by atoms with E-state index >= 15 is 0 Å². The van der Waals surface area contributed by atoms with Gasteiger partial charge in [0.2, 0.25) is 11.1 Å². The van der Waals surface area contributed by atoms with Crippen LogP contribution in [0.1, 0.15) is 27.2 Å². The maximum absolute atomic E-state index is 12.5. The quantitative estimate of drug-likeness (QED) is 0.604. The predicted molar refractivity (Wildman–Crippen MR) is 107 cm³/mol. The van der Waals surface area contributed by atoms with Crippen molar-refractivity contribution in [2.45, 2.75) is 32.3 Å². The Bertz CT molecular complexity index is 767. The average molecular weight is 390 g/mol. The highest BCUT2D eigenvalue weighted by Crippen LogP contribution is 2.25. The molecule has 0 saturated carbocycles. The number of thioether (sulfide) groups is 1. The molecule has 1 aromatic carbocycles. The van der Waals surface area contributed by atoms with E-state index in [0.29, 0.717) is 35.2 Å². The van der Waals surface area contributed by atoms with Crippen LogP contribution < -0.4 is 10.6 Å². The van der Waals surface area contributed by atoms with Gasteiger partial charge in [-0.15, -0.1) is 10.2 Å². The Morgan fingerprint density at radius 2 is 1.89 bits per heavy atom. The molecule has 8 heteroatoms. The van der Waals surface area contributed by atoms with Gasteiger partial charge in [-0.25, -0.2) is 4.68 Å². The molecule has 2 heterocycles. The Balaban J connectivity index is 1.62. The number of nitrogen functional groups attached to an aromatic ring is 1. The van der Waals surface area contributed by atoms with Crippen molar-refractivity contribution in [3.05, 3.63) is 24.3 Å². The molecule has 1 fully saturated rings. The number of amides is 1. The van der Waals surface area contributed by atoms with Gasteiger partial charge in [-0.3, -0.25) is 4.79 Å². The van der Waals surface area contributed by atoms with Gasteiger partial charge < -0.3 is 15.5 Å². The largest absolute Gasteiger partial charge is 0.494 e. The SMILES string of the molecule is CCOc1ccc(-c2nnc(SCC(=O)N3C[C@H](C)C[C@H](C)C3)n2N)cc1. The highest BCUT2D eigenvalue weighted by Gasteiger charge is 2.25. The van der Waals surface area contributed by atoms with Gasteiger partial charge in [0.1, 0.15) is 5.75 Å². The third-order valence-electron chi connectivity index (χ3n) is 4.63. The van der Waals surface area contributed by atoms with Crippen molar-refractivity contribution in [1.29, 1.82) is 0 Å². The fraction of sp³-hybridized carbons (Fsp3) is 0.526. The lowest BCUT2D eigenvalue weighted by atomic mass is 9.92. The second-order valence-electron chi connectivity index (χ2n) is 7.17. The van der Waals surface area contributed by atoms with Gasteiger partial charge in [-0.2, -0.15) is 0 Å². The van der Waals surface area contributed by atoms with Crippen molar-refractivity contribution in [1.82, 2.24) is 19.8 Å². The van der Waals surface area contributed by atoms with Crippen molar-refractivity contribution in [2.24, 2.45) is 11.8 Å². The molecule has 7 nitrogen and oxygen atoms in total. The molecule has 0 bridgehead atoms. The van der Waals surface area contributed by atoms with Gasteiger partial charge in [0, 0.05) is 18.7 Å². The lowest BCUT2D eigenvalue weighted by Gasteiger charge is -2.34. The average Bonchev–Trinajstić information content (AvgIpc) is 3.00. The zero-order valence-electron chi connectivity index (χ0n) is 16.1. The molecule has 1 aliphatic rings. The summed E-state index contributed by atoms with van der Waals surface area (Å²) in [5.41, 5.74) is 0.852. The zero-order valence-corrected chi connectivity index (χ0v) is 16.9. The second-order valence-corrected chi connectivity index (χ2v) is 8.11. The summed E-state index contributed by atoms with van der Waals surface area (Å²) in [6.07, 6.45) is 1.18. The summed E-state index contributed by atoms with van der Waals surface area (Å²) in [4.78, 5) is 14.5. The molecule has 3 rings (SSSR count). The van der Waals surface area contributed by atoms with Crippen LogP contribution in [-0.4, -0.2) is 51.1 Å². The third-order valence-corrected chi connectivity index (χ3v) is 5.56. The number of nitrogens with two attached hydrogens (primary N) is 1. The lowest BCUT2D eigenvalue weighted by molar-refractivity contribution is -0.130. The van der Waals surface area contributed by atoms with E-state index in [1.165, 1.54) is 22.9 Å². The molecule has 2 N–H and O–H groups in total. The van der Waals surface area contributed by atoms with Crippen LogP contribution in [-0.2, 0) is 4.79 Å². The fourth-order valence-corrected chi connectivity index (χ4v) is 4.28. The van der Waals surface area contributed by atoms with E-state index in [-0.39, 0.29) is 5.91 Å². The molecule has 2 aromatic rings. The number of carbonyl (C=O) groups excluding carboxylic acids is 1. The van der Waals surface area contributed by atoms with E-state index in [0.717, 1.165) is 24.4 Å². The maximum Gasteiger partial charge on any atom is 0.233 e. The minimum Gasteiger partial charge on any atom is -0.494 e. The molecule has 0 aliphatic carbocycles. The number of aromatic nitrogens is 3. The molecule has 146 valence electrons. The first-order chi connectivity index (χ1) is 13.0. The summed E-state index contributed by atoms with van der Waals surface area (Å²) >= 11 is 1.33. The van der Waals surface area contributed by atoms with Crippen LogP contribution in [0, 0.1) is 11.8 Å². The number of carbonyl (C=O) groups is 1. The molecule has 0 spiro atoms. The summed E-state index contributed by atoms with van der Waals surface area (Å²) in [6.45, 7) is 8.62. The van der Waals surface area contributed by atoms with Crippen LogP contribution in [0.25, 0.3) is 11.4 Å². The first-order valence-corrected chi connectivity index (χ1v) is 10.3. The predicted octanol–water partition coefficient (Wildman–Crippen LogP) is 2.65. The molecule has 0 unspecified atom stereocenters. The van der Waals surface area contributed by atoms with Gasteiger partial charge in [0.15, 0.2) is 5.82 Å². The van der Waals surface area contributed by atoms with Crippen LogP contribution in [0.5, 0.6) is 5.75 Å². The standard InChI is InChI=1S/C19H27N5O2S/c1-4-26-16-7-5-15(6-8-16)18-21-22-19(24(18)20)27-12-17(25)23-10-13(2)9-14(3)11-23/h5-8,13-14H,4,9-12,20H2,1-3H3/t13-,14+. The Labute approximate surface area is 164 Å². The Hall–Kier alpha value is -2.22. The molecule has 0 radical (unpaired) electrons. The molecule has 1 saturated heterocycles. The monoisotopic (exact) mass is 389 g/mol. The Morgan fingerprint density at radius 3 is 2.52 bits per heavy atom. The topological polar surface area (TPSA) is 86.3 Å². The molecule has 2 atom stereocenters. The van der Waals surface area contributed by atoms with Crippen LogP contribution >= 0.6 is 11.8 Å². The fourth-order valence-electron chi connectivity index (χ4n) is 3.52. The number of benzene rings is 1. The van der Waals surface area contributed by atoms with Crippen molar-refractivity contribution >= 4 is 17.7 Å². The molecule has 1 aliphatic heterocycles. The molecule has 1 amide bonds. The van der Waals surface area contributed by atoms with Gasteiger partial charge >= 0.3 is 0 Å². The van der Waals surface area contributed by atoms with Crippen molar-refractivity contribution < 1.29 is 9.53 Å². The summed E-state index contributed by atoms with van der Waals surface area (Å²) < 4.78 is 6.89. The summed E-state index contributed by atoms with van der Waals surface area (Å²) in [6, 6.07) is 7.55. The molecule has 27 heavy (non-hydrogen) atoms. The molecular formula is C19H27N5O2S. The lowest BCUT2D eigenvalue weighted by Crippen LogP contribution is -2.43. The number of hydrogen-bond donors (Lipinski definition) is 1. The van der Waals surface area contributed by atoms with E-state index in [2.05, 4.69) is 24.0 Å². The zero-order chi connectivity index (χ0) is 19.4. The van der Waals surface area contributed by atoms with Crippen molar-refractivity contribution in [3.8, 4) is 17.1 Å². The number of piperidine rings is 1. The van der Waals surface area contributed by atoms with E-state index in [1.54, 1.807) is 0 Å². The minimum absolute atomic E-state index is 0.129. The normalized spacial score (nSPS) is 19.9. The van der Waals surface area contributed by atoms with E-state index in [9.17, 15) is 4.79 Å². The number of hydrogen-bond acceptors (Lipinski definition) is 6. The van der Waals surface area contributed by atoms with Gasteiger partial charge in [-0.05, 0) is 49.4 Å². The summed E-state index contributed by atoms with van der Waals surface area (Å²) in [5, 5.41) is 8.86. The maximum atomic E-state index is 12.5. The first kappa shape index (κ1) is 19.5. The van der Waals surface area contributed by atoms with Gasteiger partial charge in [-0.1, -0.05) is 25.6 Å². The summed E-state index contributed by atoms with van der Waals surface area (Å²) in [7, 11) is 0. The number of nitrogens with zero attached hydrogens (tertiary/aromatic N) is 4. The highest BCUT2D eigenvalue weighted by atomic mass is 32.2. The van der Waals surface area contributed by atoms with Crippen molar-refractivity contribution in [3.63, 3.8) is 0 Å². The van der Waals surface area contributed by atoms with E-state index in [4.69, 9.17) is 10.6 Å². The second kappa shape index (κ2) is 8.65. The van der Waals surface area contributed by atoms with Crippen molar-refractivity contribution in [2.75, 3.05) is 31.3 Å². The van der Waals surface area contributed by atoms with Gasteiger partial charge in [0.05, 0.1) is 12.4 Å². The van der Waals surface area contributed by atoms with Crippen LogP contribution in [0.15, 0.2) is 29.4 Å². The van der Waals surface area contributed by atoms with Crippen LogP contribution in [0.2, 0.25) is 0 Å². The summed E-state index contributed by atoms with van der Waals surface area (Å²) in [5.74, 6) is 9.06. The molecular weight excluding hydrogens is 362 g/mol. The minimum atomic E-state index is 0.129. The highest BCUT2D eigenvalue weighted by molar-refractivity contribution is 7.99. The first-order valence-electron chi connectivity index (χ1n) is 9.32. The van der Waals surface area contributed by atoms with Crippen LogP contribution in [0.3, 0.4) is 0 Å². The number of likely N-dealkylation sites (tertiary alicyclic amines) is 1. The number of ether oxygens (including phenoxy) is 1. The third kappa shape index (κ3) is 4.74. The van der Waals surface area contributed by atoms with E-state index in [1.807, 2.05) is 36.1 Å². The van der Waals surface area contributed by atoms with Gasteiger partial charge in [0.25, 0.3) is 0 Å². The molecule has 1 aromatic heterocycles.